The number of rotatable bonds is 9. The number of fused-ring (bicyclic) bond motifs is 1. The van der Waals surface area contributed by atoms with E-state index in [-0.39, 0.29) is 23.0 Å². The zero-order valence-electron chi connectivity index (χ0n) is 20.3. The Morgan fingerprint density at radius 1 is 1.26 bits per heavy atom. The minimum atomic E-state index is -4.44. The third kappa shape index (κ3) is 6.47. The molecule has 13 heteroatoms. The normalized spacial score (nSPS) is 14.9. The molecule has 1 unspecified atom stereocenters. The van der Waals surface area contributed by atoms with Crippen LogP contribution in [0.1, 0.15) is 44.1 Å². The molecule has 1 aliphatic heterocycles. The van der Waals surface area contributed by atoms with E-state index in [1.165, 1.54) is 16.8 Å². The molecule has 0 fully saturated rings. The van der Waals surface area contributed by atoms with Gasteiger partial charge >= 0.3 is 6.18 Å². The smallest absolute Gasteiger partial charge is 0.422 e. The Labute approximate surface area is 215 Å². The van der Waals surface area contributed by atoms with Crippen molar-refractivity contribution in [3.8, 4) is 11.6 Å². The predicted octanol–water partition coefficient (Wildman–Crippen LogP) is 2.02. The molecule has 1 aromatic carbocycles. The summed E-state index contributed by atoms with van der Waals surface area (Å²) in [5.41, 5.74) is 7.16. The van der Waals surface area contributed by atoms with Crippen molar-refractivity contribution in [2.24, 2.45) is 5.73 Å². The molecule has 38 heavy (non-hydrogen) atoms. The minimum absolute atomic E-state index is 0.0666. The molecule has 2 aromatic heterocycles. The van der Waals surface area contributed by atoms with Crippen molar-refractivity contribution in [3.05, 3.63) is 70.7 Å². The van der Waals surface area contributed by atoms with E-state index < -0.39 is 37.0 Å². The van der Waals surface area contributed by atoms with Crippen molar-refractivity contribution in [1.82, 2.24) is 25.4 Å². The first-order chi connectivity index (χ1) is 18.0. The van der Waals surface area contributed by atoms with Crippen molar-refractivity contribution >= 4 is 17.7 Å². The molecule has 0 bridgehead atoms. The average Bonchev–Trinajstić information content (AvgIpc) is 3.25. The van der Waals surface area contributed by atoms with Crippen molar-refractivity contribution in [1.29, 1.82) is 0 Å². The highest BCUT2D eigenvalue weighted by atomic mass is 19.4. The van der Waals surface area contributed by atoms with Crippen LogP contribution in [0.5, 0.6) is 5.75 Å². The molecule has 4 rings (SSSR count). The lowest BCUT2D eigenvalue weighted by atomic mass is 9.95. The van der Waals surface area contributed by atoms with Crippen LogP contribution >= 0.6 is 0 Å². The van der Waals surface area contributed by atoms with Crippen LogP contribution in [-0.2, 0) is 17.6 Å². The first-order valence-corrected chi connectivity index (χ1v) is 11.7. The zero-order chi connectivity index (χ0) is 27.4. The highest BCUT2D eigenvalue weighted by molar-refractivity contribution is 6.08. The number of halogens is 3. The molecule has 1 atom stereocenters. The maximum absolute atomic E-state index is 13.1. The number of aryl methyl sites for hydroxylation is 2. The van der Waals surface area contributed by atoms with Crippen LogP contribution in [0.4, 0.5) is 13.2 Å². The molecule has 3 aromatic rings. The van der Waals surface area contributed by atoms with E-state index in [0.29, 0.717) is 30.8 Å². The van der Waals surface area contributed by atoms with Gasteiger partial charge in [-0.25, -0.2) is 9.67 Å². The maximum atomic E-state index is 13.1. The predicted molar refractivity (Wildman–Crippen MR) is 129 cm³/mol. The molecule has 0 radical (unpaired) electrons. The minimum Gasteiger partial charge on any atom is -0.484 e. The summed E-state index contributed by atoms with van der Waals surface area (Å²) >= 11 is 0. The molecule has 0 saturated carbocycles. The van der Waals surface area contributed by atoms with Crippen LogP contribution in [-0.4, -0.2) is 57.9 Å². The number of nitrogens with two attached hydrogens (primary N) is 1. The van der Waals surface area contributed by atoms with Gasteiger partial charge in [-0.3, -0.25) is 14.4 Å². The van der Waals surface area contributed by atoms with E-state index in [2.05, 4.69) is 20.7 Å². The van der Waals surface area contributed by atoms with Gasteiger partial charge in [-0.05, 0) is 49.1 Å². The zero-order valence-corrected chi connectivity index (χ0v) is 20.3. The Kier molecular flexibility index (Phi) is 7.65. The van der Waals surface area contributed by atoms with Gasteiger partial charge in [-0.15, -0.1) is 0 Å². The second kappa shape index (κ2) is 10.9. The Balaban J connectivity index is 1.54. The van der Waals surface area contributed by atoms with E-state index in [0.717, 1.165) is 11.1 Å². The summed E-state index contributed by atoms with van der Waals surface area (Å²) in [5, 5.41) is 9.77. The topological polar surface area (TPSA) is 141 Å². The number of pyridine rings is 1. The number of carbonyl (C=O) groups is 3. The number of hydrogen-bond donors (Lipinski definition) is 3. The van der Waals surface area contributed by atoms with Gasteiger partial charge in [0, 0.05) is 18.7 Å². The number of alkyl halides is 3. The number of benzene rings is 1. The first-order valence-electron chi connectivity index (χ1n) is 11.7. The lowest BCUT2D eigenvalue weighted by molar-refractivity contribution is -0.153. The van der Waals surface area contributed by atoms with Crippen LogP contribution in [0.15, 0.2) is 42.6 Å². The number of hydrogen-bond acceptors (Lipinski definition) is 6. The Hall–Kier alpha value is -4.42. The molecular formula is C25H25F3N6O4. The first kappa shape index (κ1) is 26.6. The summed E-state index contributed by atoms with van der Waals surface area (Å²) in [6.45, 7) is 0.0451. The summed E-state index contributed by atoms with van der Waals surface area (Å²) in [6.07, 6.45) is -1.62. The molecule has 3 amide bonds. The third-order valence-electron chi connectivity index (χ3n) is 5.79. The number of nitrogens with zero attached hydrogens (tertiary/aromatic N) is 3. The number of carbonyl (C=O) groups excluding carboxylic acids is 3. The van der Waals surface area contributed by atoms with Gasteiger partial charge in [-0.2, -0.15) is 18.3 Å². The standard InChI is InChI=1S/C25H25F3N6O4/c1-14-5-8-20(30-11-14)34-22(24(37)31-12-19(29)35)21-18(33-34)10-16(32-23(21)36)7-6-15-3-2-4-17(9-15)38-13-25(26,27)28/h2-5,8-9,11,16H,6-7,10,12-13H2,1H3,(H2,29,35)(H,31,37)(H,32,36). The summed E-state index contributed by atoms with van der Waals surface area (Å²) < 4.78 is 43.4. The Bertz CT molecular complexity index is 1350. The quantitative estimate of drug-likeness (QED) is 0.387. The second-order valence-electron chi connectivity index (χ2n) is 8.89. The lowest BCUT2D eigenvalue weighted by Gasteiger charge is -2.23. The van der Waals surface area contributed by atoms with E-state index >= 15 is 0 Å². The van der Waals surface area contributed by atoms with Gasteiger partial charge < -0.3 is 21.1 Å². The number of aromatic nitrogens is 3. The van der Waals surface area contributed by atoms with Gasteiger partial charge in [0.1, 0.15) is 11.4 Å². The van der Waals surface area contributed by atoms with Gasteiger partial charge in [0.25, 0.3) is 11.8 Å². The molecule has 0 aliphatic carbocycles. The molecule has 0 spiro atoms. The molecular weight excluding hydrogens is 505 g/mol. The fourth-order valence-electron chi connectivity index (χ4n) is 4.07. The fourth-order valence-corrected chi connectivity index (χ4v) is 4.07. The van der Waals surface area contributed by atoms with Crippen LogP contribution < -0.4 is 21.1 Å². The largest absolute Gasteiger partial charge is 0.484 e. The molecule has 0 saturated heterocycles. The number of primary amides is 1. The Morgan fingerprint density at radius 2 is 2.05 bits per heavy atom. The SMILES string of the molecule is Cc1ccc(-n2nc3c(c2C(=O)NCC(N)=O)C(=O)NC(CCc2cccc(OCC(F)(F)F)c2)C3)nc1. The molecule has 1 aliphatic rings. The molecule has 3 heterocycles. The number of ether oxygens (including phenoxy) is 1. The van der Waals surface area contributed by atoms with E-state index in [1.54, 1.807) is 30.5 Å². The van der Waals surface area contributed by atoms with E-state index in [4.69, 9.17) is 10.5 Å². The van der Waals surface area contributed by atoms with Crippen molar-refractivity contribution in [2.45, 2.75) is 38.4 Å². The number of amides is 3. The van der Waals surface area contributed by atoms with Gasteiger partial charge in [0.2, 0.25) is 5.91 Å². The van der Waals surface area contributed by atoms with E-state index in [9.17, 15) is 27.6 Å². The highest BCUT2D eigenvalue weighted by Crippen LogP contribution is 2.25. The van der Waals surface area contributed by atoms with Crippen LogP contribution in [0.2, 0.25) is 0 Å². The van der Waals surface area contributed by atoms with Crippen molar-refractivity contribution in [2.75, 3.05) is 13.2 Å². The van der Waals surface area contributed by atoms with Crippen molar-refractivity contribution in [3.63, 3.8) is 0 Å². The second-order valence-corrected chi connectivity index (χ2v) is 8.89. The van der Waals surface area contributed by atoms with Gasteiger partial charge in [0.15, 0.2) is 12.4 Å². The highest BCUT2D eigenvalue weighted by Gasteiger charge is 2.35. The summed E-state index contributed by atoms with van der Waals surface area (Å²) in [7, 11) is 0. The number of nitrogens with one attached hydrogen (secondary N) is 2. The molecule has 200 valence electrons. The third-order valence-corrected chi connectivity index (χ3v) is 5.79. The van der Waals surface area contributed by atoms with Crippen molar-refractivity contribution < 1.29 is 32.3 Å². The Morgan fingerprint density at radius 3 is 2.74 bits per heavy atom. The van der Waals surface area contributed by atoms with Crippen LogP contribution in [0, 0.1) is 6.92 Å². The summed E-state index contributed by atoms with van der Waals surface area (Å²) in [6, 6.07) is 9.43. The van der Waals surface area contributed by atoms with Gasteiger partial charge in [0.05, 0.1) is 17.8 Å². The lowest BCUT2D eigenvalue weighted by Crippen LogP contribution is -2.43. The molecule has 10 nitrogen and oxygen atoms in total. The van der Waals surface area contributed by atoms with Crippen LogP contribution in [0.25, 0.3) is 5.82 Å². The van der Waals surface area contributed by atoms with E-state index in [1.807, 2.05) is 6.92 Å². The average molecular weight is 531 g/mol. The summed E-state index contributed by atoms with van der Waals surface area (Å²) in [5.74, 6) is -1.55. The maximum Gasteiger partial charge on any atom is 0.422 e. The monoisotopic (exact) mass is 530 g/mol. The fraction of sp³-hybridized carbons (Fsp3) is 0.320. The molecule has 4 N–H and O–H groups in total. The summed E-state index contributed by atoms with van der Waals surface area (Å²) in [4.78, 5) is 41.6. The van der Waals surface area contributed by atoms with Crippen LogP contribution in [0.3, 0.4) is 0 Å². The van der Waals surface area contributed by atoms with Gasteiger partial charge in [-0.1, -0.05) is 18.2 Å².